The number of aldehydes is 1. The van der Waals surface area contributed by atoms with Gasteiger partial charge in [0.15, 0.2) is 0 Å². The number of hydrogen-bond donors (Lipinski definition) is 1. The molecule has 0 rings (SSSR count). The number of aliphatic hydroxyl groups is 1. The maximum absolute atomic E-state index is 11.1. The van der Waals surface area contributed by atoms with Crippen molar-refractivity contribution >= 4 is 6.29 Å². The molecular weight excluding hydrogens is 318 g/mol. The summed E-state index contributed by atoms with van der Waals surface area (Å²) in [5.74, 6) is 0. The SMILES string of the molecule is CCCCCC(O)C(C/C=C\C/C=C\CCCCCCC=O)[N+](=O)[O-]. The molecule has 0 bridgehead atoms. The van der Waals surface area contributed by atoms with Gasteiger partial charge in [0.1, 0.15) is 12.4 Å². The number of nitro groups is 1. The minimum Gasteiger partial charge on any atom is -0.386 e. The number of carbonyl (C=O) groups is 1. The molecule has 0 aromatic heterocycles. The quantitative estimate of drug-likeness (QED) is 0.131. The van der Waals surface area contributed by atoms with E-state index in [4.69, 9.17) is 0 Å². The summed E-state index contributed by atoms with van der Waals surface area (Å²) in [6.07, 6.45) is 18.5. The molecule has 0 spiro atoms. The first-order valence-electron chi connectivity index (χ1n) is 9.68. The van der Waals surface area contributed by atoms with Gasteiger partial charge in [0.25, 0.3) is 0 Å². The Morgan fingerprint density at radius 2 is 1.64 bits per heavy atom. The molecule has 1 N–H and O–H groups in total. The zero-order valence-electron chi connectivity index (χ0n) is 15.6. The third-order valence-corrected chi connectivity index (χ3v) is 4.24. The van der Waals surface area contributed by atoms with Crippen molar-refractivity contribution in [2.75, 3.05) is 0 Å². The molecule has 144 valence electrons. The first-order valence-corrected chi connectivity index (χ1v) is 9.68. The summed E-state index contributed by atoms with van der Waals surface area (Å²) in [6, 6.07) is -0.900. The molecular formula is C20H35NO4. The monoisotopic (exact) mass is 353 g/mol. The van der Waals surface area contributed by atoms with Crippen LogP contribution in [0.3, 0.4) is 0 Å². The number of unbranched alkanes of at least 4 members (excludes halogenated alkanes) is 7. The third-order valence-electron chi connectivity index (χ3n) is 4.24. The smallest absolute Gasteiger partial charge is 0.241 e. The minimum absolute atomic E-state index is 0.283. The fourth-order valence-electron chi connectivity index (χ4n) is 2.65. The van der Waals surface area contributed by atoms with Crippen molar-refractivity contribution in [2.24, 2.45) is 0 Å². The second kappa shape index (κ2) is 17.3. The average molecular weight is 354 g/mol. The molecule has 0 aliphatic rings. The molecule has 25 heavy (non-hydrogen) atoms. The lowest BCUT2D eigenvalue weighted by Gasteiger charge is -2.14. The van der Waals surface area contributed by atoms with Gasteiger partial charge >= 0.3 is 0 Å². The van der Waals surface area contributed by atoms with Crippen molar-refractivity contribution in [2.45, 2.75) is 96.1 Å². The Kier molecular flexibility index (Phi) is 16.3. The fourth-order valence-corrected chi connectivity index (χ4v) is 2.65. The van der Waals surface area contributed by atoms with Crippen LogP contribution < -0.4 is 0 Å². The molecule has 0 fully saturated rings. The zero-order valence-corrected chi connectivity index (χ0v) is 15.6. The summed E-state index contributed by atoms with van der Waals surface area (Å²) in [4.78, 5) is 20.9. The van der Waals surface area contributed by atoms with Crippen LogP contribution >= 0.6 is 0 Å². The Labute approximate surface area is 152 Å². The molecule has 0 aromatic carbocycles. The number of nitrogens with zero attached hydrogens (tertiary/aromatic N) is 1. The Balaban J connectivity index is 3.85. The second-order valence-corrected chi connectivity index (χ2v) is 6.49. The van der Waals surface area contributed by atoms with Crippen LogP contribution in [0.1, 0.15) is 84.0 Å². The van der Waals surface area contributed by atoms with E-state index in [1.807, 2.05) is 6.08 Å². The lowest BCUT2D eigenvalue weighted by Crippen LogP contribution is -2.33. The Morgan fingerprint density at radius 1 is 0.960 bits per heavy atom. The number of aliphatic hydroxyl groups excluding tert-OH is 1. The van der Waals surface area contributed by atoms with E-state index in [1.165, 1.54) is 0 Å². The predicted molar refractivity (Wildman–Crippen MR) is 102 cm³/mol. The normalized spacial score (nSPS) is 14.2. The minimum atomic E-state index is -0.900. The van der Waals surface area contributed by atoms with Gasteiger partial charge in [-0.1, -0.05) is 63.3 Å². The van der Waals surface area contributed by atoms with Crippen LogP contribution in [-0.4, -0.2) is 28.5 Å². The Bertz CT molecular complexity index is 393. The van der Waals surface area contributed by atoms with Gasteiger partial charge in [-0.05, 0) is 32.1 Å². The van der Waals surface area contributed by atoms with Crippen LogP contribution in [0.5, 0.6) is 0 Å². The summed E-state index contributed by atoms with van der Waals surface area (Å²) in [6.45, 7) is 2.07. The van der Waals surface area contributed by atoms with Gasteiger partial charge in [-0.25, -0.2) is 0 Å². The molecule has 0 heterocycles. The maximum Gasteiger partial charge on any atom is 0.241 e. The molecule has 0 aliphatic carbocycles. The highest BCUT2D eigenvalue weighted by Crippen LogP contribution is 2.13. The third kappa shape index (κ3) is 14.6. The molecule has 5 heteroatoms. The molecule has 0 saturated heterocycles. The number of allylic oxidation sites excluding steroid dienone is 3. The highest BCUT2D eigenvalue weighted by molar-refractivity contribution is 5.48. The molecule has 0 aliphatic heterocycles. The number of hydrogen-bond acceptors (Lipinski definition) is 4. The van der Waals surface area contributed by atoms with Gasteiger partial charge in [0.2, 0.25) is 6.04 Å². The van der Waals surface area contributed by atoms with E-state index < -0.39 is 12.1 Å². The van der Waals surface area contributed by atoms with E-state index in [2.05, 4.69) is 19.1 Å². The molecule has 0 amide bonds. The van der Waals surface area contributed by atoms with Crippen molar-refractivity contribution < 1.29 is 14.8 Å². The summed E-state index contributed by atoms with van der Waals surface area (Å²) in [5, 5.41) is 21.1. The number of rotatable bonds is 17. The zero-order chi connectivity index (χ0) is 18.8. The molecule has 0 saturated carbocycles. The van der Waals surface area contributed by atoms with Gasteiger partial charge in [0, 0.05) is 17.8 Å². The largest absolute Gasteiger partial charge is 0.386 e. The summed E-state index contributed by atoms with van der Waals surface area (Å²) in [5.41, 5.74) is 0. The molecule has 0 aromatic rings. The van der Waals surface area contributed by atoms with Crippen LogP contribution in [0.15, 0.2) is 24.3 Å². The van der Waals surface area contributed by atoms with Crippen molar-refractivity contribution in [1.29, 1.82) is 0 Å². The van der Waals surface area contributed by atoms with E-state index >= 15 is 0 Å². The van der Waals surface area contributed by atoms with Gasteiger partial charge in [0.05, 0.1) is 0 Å². The first-order chi connectivity index (χ1) is 12.1. The fraction of sp³-hybridized carbons (Fsp3) is 0.750. The van der Waals surface area contributed by atoms with Crippen LogP contribution in [0.4, 0.5) is 0 Å². The van der Waals surface area contributed by atoms with E-state index in [1.54, 1.807) is 6.08 Å². The molecule has 2 unspecified atom stereocenters. The molecule has 0 radical (unpaired) electrons. The van der Waals surface area contributed by atoms with Crippen molar-refractivity contribution in [1.82, 2.24) is 0 Å². The first kappa shape index (κ1) is 23.5. The lowest BCUT2D eigenvalue weighted by molar-refractivity contribution is -0.533. The van der Waals surface area contributed by atoms with Gasteiger partial charge in [-0.15, -0.1) is 0 Å². The Hall–Kier alpha value is -1.49. The van der Waals surface area contributed by atoms with E-state index in [0.29, 0.717) is 12.8 Å². The highest BCUT2D eigenvalue weighted by atomic mass is 16.6. The molecule has 5 nitrogen and oxygen atoms in total. The van der Waals surface area contributed by atoms with Crippen LogP contribution in [-0.2, 0) is 4.79 Å². The van der Waals surface area contributed by atoms with Gasteiger partial charge in [-0.2, -0.15) is 0 Å². The maximum atomic E-state index is 11.1. The van der Waals surface area contributed by atoms with Crippen molar-refractivity contribution in [3.63, 3.8) is 0 Å². The summed E-state index contributed by atoms with van der Waals surface area (Å²) in [7, 11) is 0. The van der Waals surface area contributed by atoms with Crippen LogP contribution in [0.25, 0.3) is 0 Å². The summed E-state index contributed by atoms with van der Waals surface area (Å²) < 4.78 is 0. The number of carbonyl (C=O) groups excluding carboxylic acids is 1. The second-order valence-electron chi connectivity index (χ2n) is 6.49. The standard InChI is InChI=1S/C20H35NO4/c1-2-3-13-17-20(23)19(21(24)25)16-14-11-9-7-5-4-6-8-10-12-15-18-22/h5,7,11,14,18-20,23H,2-4,6,8-10,12-13,15-17H2,1H3/b7-5-,14-11-. The summed E-state index contributed by atoms with van der Waals surface area (Å²) >= 11 is 0. The van der Waals surface area contributed by atoms with E-state index in [-0.39, 0.29) is 11.3 Å². The van der Waals surface area contributed by atoms with Crippen molar-refractivity contribution in [3.8, 4) is 0 Å². The lowest BCUT2D eigenvalue weighted by atomic mass is 10.0. The van der Waals surface area contributed by atoms with Gasteiger partial charge < -0.3 is 9.90 Å². The highest BCUT2D eigenvalue weighted by Gasteiger charge is 2.27. The Morgan fingerprint density at radius 3 is 2.28 bits per heavy atom. The predicted octanol–water partition coefficient (Wildman–Crippen LogP) is 5.01. The van der Waals surface area contributed by atoms with Crippen LogP contribution in [0.2, 0.25) is 0 Å². The molecule has 2 atom stereocenters. The van der Waals surface area contributed by atoms with E-state index in [9.17, 15) is 20.0 Å². The van der Waals surface area contributed by atoms with Crippen molar-refractivity contribution in [3.05, 3.63) is 34.4 Å². The topological polar surface area (TPSA) is 80.4 Å². The average Bonchev–Trinajstić information content (AvgIpc) is 2.58. The van der Waals surface area contributed by atoms with E-state index in [0.717, 1.165) is 64.1 Å². The van der Waals surface area contributed by atoms with Gasteiger partial charge in [-0.3, -0.25) is 10.1 Å². The van der Waals surface area contributed by atoms with Crippen LogP contribution in [0, 0.1) is 10.1 Å².